The second-order valence-electron chi connectivity index (χ2n) is 4.69. The molecule has 1 amide bonds. The summed E-state index contributed by atoms with van der Waals surface area (Å²) in [6.45, 7) is 6.07. The molecule has 0 radical (unpaired) electrons. The molecule has 16 heavy (non-hydrogen) atoms. The third-order valence-corrected chi connectivity index (χ3v) is 2.40. The number of aromatic nitrogens is 2. The molecule has 0 unspecified atom stereocenters. The van der Waals surface area contributed by atoms with Crippen molar-refractivity contribution in [1.29, 1.82) is 0 Å². The van der Waals surface area contributed by atoms with Crippen LogP contribution in [0, 0.1) is 0 Å². The number of anilines is 1. The van der Waals surface area contributed by atoms with Crippen molar-refractivity contribution < 1.29 is 4.79 Å². The van der Waals surface area contributed by atoms with Gasteiger partial charge in [0.1, 0.15) is 0 Å². The molecular formula is C11H20N4O. The zero-order valence-corrected chi connectivity index (χ0v) is 10.4. The lowest BCUT2D eigenvalue weighted by Gasteiger charge is -2.25. The molecule has 0 bridgehead atoms. The first kappa shape index (κ1) is 12.5. The minimum atomic E-state index is -0.226. The summed E-state index contributed by atoms with van der Waals surface area (Å²) in [5.74, 6) is -0.212. The van der Waals surface area contributed by atoms with Crippen LogP contribution < -0.4 is 11.1 Å². The standard InChI is InChI=1S/C11H20N4O/c1-5-6-11(2,3)13-10(16)9-8(12)7-15(4)14-9/h7H,5-6,12H2,1-4H3,(H,13,16). The van der Waals surface area contributed by atoms with Crippen LogP contribution in [0.3, 0.4) is 0 Å². The van der Waals surface area contributed by atoms with E-state index in [2.05, 4.69) is 17.3 Å². The van der Waals surface area contributed by atoms with Crippen molar-refractivity contribution in [1.82, 2.24) is 15.1 Å². The SMILES string of the molecule is CCCC(C)(C)NC(=O)c1nn(C)cc1N. The van der Waals surface area contributed by atoms with E-state index in [-0.39, 0.29) is 11.4 Å². The smallest absolute Gasteiger partial charge is 0.274 e. The van der Waals surface area contributed by atoms with Crippen LogP contribution in [0.15, 0.2) is 6.20 Å². The van der Waals surface area contributed by atoms with Crippen LogP contribution in [0.2, 0.25) is 0 Å². The maximum atomic E-state index is 11.9. The topological polar surface area (TPSA) is 72.9 Å². The van der Waals surface area contributed by atoms with Gasteiger partial charge in [0.15, 0.2) is 5.69 Å². The Kier molecular flexibility index (Phi) is 3.57. The van der Waals surface area contributed by atoms with Crippen molar-refractivity contribution in [2.24, 2.45) is 7.05 Å². The summed E-state index contributed by atoms with van der Waals surface area (Å²) in [7, 11) is 1.74. The number of nitrogens with two attached hydrogens (primary N) is 1. The van der Waals surface area contributed by atoms with Gasteiger partial charge in [0.25, 0.3) is 5.91 Å². The predicted octanol–water partition coefficient (Wildman–Crippen LogP) is 1.31. The number of hydrogen-bond donors (Lipinski definition) is 2. The monoisotopic (exact) mass is 224 g/mol. The van der Waals surface area contributed by atoms with E-state index in [0.717, 1.165) is 12.8 Å². The summed E-state index contributed by atoms with van der Waals surface area (Å²) in [6.07, 6.45) is 3.57. The van der Waals surface area contributed by atoms with Crippen molar-refractivity contribution in [2.75, 3.05) is 5.73 Å². The molecule has 1 aromatic heterocycles. The number of carbonyl (C=O) groups is 1. The molecule has 0 aliphatic heterocycles. The van der Waals surface area contributed by atoms with Crippen molar-refractivity contribution in [3.8, 4) is 0 Å². The van der Waals surface area contributed by atoms with Crippen molar-refractivity contribution in [3.63, 3.8) is 0 Å². The molecule has 1 heterocycles. The normalized spacial score (nSPS) is 11.5. The summed E-state index contributed by atoms with van der Waals surface area (Å²) in [4.78, 5) is 11.9. The third kappa shape index (κ3) is 2.98. The molecule has 1 aromatic rings. The first-order chi connectivity index (χ1) is 7.35. The average Bonchev–Trinajstić information content (AvgIpc) is 2.44. The van der Waals surface area contributed by atoms with E-state index in [4.69, 9.17) is 5.73 Å². The number of aryl methyl sites for hydroxylation is 1. The van der Waals surface area contributed by atoms with Crippen LogP contribution in [-0.4, -0.2) is 21.2 Å². The molecule has 0 aliphatic rings. The van der Waals surface area contributed by atoms with E-state index in [9.17, 15) is 4.79 Å². The Labute approximate surface area is 96.0 Å². The summed E-state index contributed by atoms with van der Waals surface area (Å²) in [5.41, 5.74) is 6.17. The molecule has 0 saturated carbocycles. The van der Waals surface area contributed by atoms with Crippen LogP contribution in [0.1, 0.15) is 44.1 Å². The van der Waals surface area contributed by atoms with Gasteiger partial charge in [-0.25, -0.2) is 0 Å². The van der Waals surface area contributed by atoms with Gasteiger partial charge in [0.05, 0.1) is 5.69 Å². The van der Waals surface area contributed by atoms with Gasteiger partial charge in [-0.2, -0.15) is 5.10 Å². The molecular weight excluding hydrogens is 204 g/mol. The average molecular weight is 224 g/mol. The van der Waals surface area contributed by atoms with Gasteiger partial charge in [0.2, 0.25) is 0 Å². The van der Waals surface area contributed by atoms with Crippen LogP contribution >= 0.6 is 0 Å². The fourth-order valence-corrected chi connectivity index (χ4v) is 1.74. The largest absolute Gasteiger partial charge is 0.396 e. The van der Waals surface area contributed by atoms with Gasteiger partial charge in [-0.3, -0.25) is 9.48 Å². The number of nitrogens with one attached hydrogen (secondary N) is 1. The Morgan fingerprint density at radius 3 is 2.69 bits per heavy atom. The van der Waals surface area contributed by atoms with E-state index < -0.39 is 0 Å². The van der Waals surface area contributed by atoms with E-state index in [1.54, 1.807) is 13.2 Å². The molecule has 0 aromatic carbocycles. The van der Waals surface area contributed by atoms with Crippen molar-refractivity contribution in [3.05, 3.63) is 11.9 Å². The summed E-state index contributed by atoms with van der Waals surface area (Å²) in [6, 6.07) is 0. The minimum Gasteiger partial charge on any atom is -0.396 e. The zero-order chi connectivity index (χ0) is 12.3. The minimum absolute atomic E-state index is 0.212. The maximum absolute atomic E-state index is 11.9. The fraction of sp³-hybridized carbons (Fsp3) is 0.636. The predicted molar refractivity (Wildman–Crippen MR) is 64.1 cm³/mol. The third-order valence-electron chi connectivity index (χ3n) is 2.40. The molecule has 5 nitrogen and oxygen atoms in total. The molecule has 0 saturated heterocycles. The van der Waals surface area contributed by atoms with Gasteiger partial charge < -0.3 is 11.1 Å². The molecule has 0 aliphatic carbocycles. The fourth-order valence-electron chi connectivity index (χ4n) is 1.74. The van der Waals surface area contributed by atoms with Crippen LogP contribution in [0.5, 0.6) is 0 Å². The number of rotatable bonds is 4. The Bertz CT molecular complexity index is 381. The first-order valence-corrected chi connectivity index (χ1v) is 5.47. The lowest BCUT2D eigenvalue weighted by Crippen LogP contribution is -2.43. The Morgan fingerprint density at radius 1 is 1.62 bits per heavy atom. The second-order valence-corrected chi connectivity index (χ2v) is 4.69. The zero-order valence-electron chi connectivity index (χ0n) is 10.4. The number of carbonyl (C=O) groups excluding carboxylic acids is 1. The van der Waals surface area contributed by atoms with Gasteiger partial charge >= 0.3 is 0 Å². The number of amides is 1. The van der Waals surface area contributed by atoms with Gasteiger partial charge in [-0.1, -0.05) is 13.3 Å². The summed E-state index contributed by atoms with van der Waals surface area (Å²) >= 11 is 0. The highest BCUT2D eigenvalue weighted by molar-refractivity contribution is 5.97. The highest BCUT2D eigenvalue weighted by Crippen LogP contribution is 2.14. The van der Waals surface area contributed by atoms with E-state index in [0.29, 0.717) is 11.4 Å². The highest BCUT2D eigenvalue weighted by Gasteiger charge is 2.22. The quantitative estimate of drug-likeness (QED) is 0.810. The van der Waals surface area contributed by atoms with Crippen molar-refractivity contribution in [2.45, 2.75) is 39.2 Å². The van der Waals surface area contributed by atoms with Gasteiger partial charge in [0, 0.05) is 18.8 Å². The molecule has 3 N–H and O–H groups in total. The molecule has 5 heteroatoms. The molecule has 0 fully saturated rings. The van der Waals surface area contributed by atoms with Gasteiger partial charge in [-0.15, -0.1) is 0 Å². The maximum Gasteiger partial charge on any atom is 0.274 e. The second kappa shape index (κ2) is 4.55. The van der Waals surface area contributed by atoms with E-state index in [1.165, 1.54) is 4.68 Å². The molecule has 1 rings (SSSR count). The lowest BCUT2D eigenvalue weighted by molar-refractivity contribution is 0.0904. The number of hydrogen-bond acceptors (Lipinski definition) is 3. The van der Waals surface area contributed by atoms with Crippen LogP contribution in [0.4, 0.5) is 5.69 Å². The highest BCUT2D eigenvalue weighted by atomic mass is 16.2. The van der Waals surface area contributed by atoms with E-state index in [1.807, 2.05) is 13.8 Å². The van der Waals surface area contributed by atoms with Gasteiger partial charge in [-0.05, 0) is 20.3 Å². The molecule has 0 spiro atoms. The summed E-state index contributed by atoms with van der Waals surface area (Å²) < 4.78 is 1.54. The van der Waals surface area contributed by atoms with Crippen LogP contribution in [-0.2, 0) is 7.05 Å². The van der Waals surface area contributed by atoms with Crippen LogP contribution in [0.25, 0.3) is 0 Å². The van der Waals surface area contributed by atoms with Crippen molar-refractivity contribution >= 4 is 11.6 Å². The first-order valence-electron chi connectivity index (χ1n) is 5.47. The molecule has 0 atom stereocenters. The number of nitrogens with zero attached hydrogens (tertiary/aromatic N) is 2. The Balaban J connectivity index is 2.76. The Morgan fingerprint density at radius 2 is 2.25 bits per heavy atom. The van der Waals surface area contributed by atoms with E-state index >= 15 is 0 Å². The Hall–Kier alpha value is -1.52. The molecule has 90 valence electrons. The lowest BCUT2D eigenvalue weighted by atomic mass is 9.99. The summed E-state index contributed by atoms with van der Waals surface area (Å²) in [5, 5.41) is 6.97. The number of nitrogen functional groups attached to an aromatic ring is 1.